The molecule has 0 spiro atoms. The molecule has 1 amide bonds. The predicted molar refractivity (Wildman–Crippen MR) is 65.6 cm³/mol. The second kappa shape index (κ2) is 6.17. The van der Waals surface area contributed by atoms with E-state index in [-0.39, 0.29) is 24.9 Å². The second-order valence-corrected chi connectivity index (χ2v) is 5.17. The first-order valence-electron chi connectivity index (χ1n) is 6.25. The van der Waals surface area contributed by atoms with E-state index in [1.54, 1.807) is 0 Å². The van der Waals surface area contributed by atoms with Gasteiger partial charge in [0.1, 0.15) is 5.56 Å². The minimum Gasteiger partial charge on any atom is -0.338 e. The van der Waals surface area contributed by atoms with Crippen LogP contribution >= 0.6 is 11.6 Å². The van der Waals surface area contributed by atoms with Crippen molar-refractivity contribution in [1.29, 1.82) is 0 Å². The number of carbonyl (C=O) groups excluding carboxylic acids is 1. The molecule has 0 N–H and O–H groups in total. The van der Waals surface area contributed by atoms with E-state index in [0.29, 0.717) is 6.42 Å². The monoisotopic (exact) mass is 327 g/mol. The summed E-state index contributed by atoms with van der Waals surface area (Å²) in [5.41, 5.74) is -1.42. The molecule has 1 aliphatic rings. The first-order valence-corrected chi connectivity index (χ1v) is 6.78. The molecule has 0 aromatic heterocycles. The van der Waals surface area contributed by atoms with Gasteiger partial charge in [0.2, 0.25) is 5.82 Å². The number of amides is 1. The molecule has 1 unspecified atom stereocenters. The molecule has 21 heavy (non-hydrogen) atoms. The third kappa shape index (κ3) is 2.84. The van der Waals surface area contributed by atoms with Crippen molar-refractivity contribution in [3.63, 3.8) is 0 Å². The van der Waals surface area contributed by atoms with Crippen LogP contribution in [0.25, 0.3) is 0 Å². The van der Waals surface area contributed by atoms with Crippen LogP contribution in [0.15, 0.2) is 0 Å². The summed E-state index contributed by atoms with van der Waals surface area (Å²) in [6, 6.07) is 0. The third-order valence-corrected chi connectivity index (χ3v) is 3.88. The van der Waals surface area contributed by atoms with Crippen molar-refractivity contribution in [2.75, 3.05) is 19.0 Å². The Balaban J connectivity index is 2.40. The van der Waals surface area contributed by atoms with Crippen LogP contribution in [0.5, 0.6) is 0 Å². The number of nitrogens with zero attached hydrogens (tertiary/aromatic N) is 1. The Bertz CT molecular complexity index is 551. The largest absolute Gasteiger partial charge is 0.338 e. The first kappa shape index (κ1) is 16.0. The molecule has 2 rings (SSSR count). The van der Waals surface area contributed by atoms with Crippen molar-refractivity contribution in [2.45, 2.75) is 12.8 Å². The molecular weight excluding hydrogens is 317 g/mol. The highest BCUT2D eigenvalue weighted by Gasteiger charge is 2.33. The number of piperidine rings is 1. The highest BCUT2D eigenvalue weighted by Crippen LogP contribution is 2.26. The summed E-state index contributed by atoms with van der Waals surface area (Å²) in [5.74, 6) is -11.8. The minimum atomic E-state index is -2.28. The van der Waals surface area contributed by atoms with Crippen LogP contribution < -0.4 is 0 Å². The molecule has 0 aliphatic carbocycles. The zero-order valence-corrected chi connectivity index (χ0v) is 11.5. The van der Waals surface area contributed by atoms with E-state index in [1.807, 2.05) is 0 Å². The van der Waals surface area contributed by atoms with Gasteiger partial charge in [0.15, 0.2) is 23.3 Å². The molecule has 0 saturated carbocycles. The molecule has 1 aliphatic heterocycles. The maximum atomic E-state index is 13.6. The maximum absolute atomic E-state index is 13.6. The van der Waals surface area contributed by atoms with Gasteiger partial charge < -0.3 is 4.90 Å². The zero-order valence-electron chi connectivity index (χ0n) is 10.7. The lowest BCUT2D eigenvalue weighted by atomic mass is 9.99. The Morgan fingerprint density at radius 2 is 1.57 bits per heavy atom. The molecule has 2 nitrogen and oxygen atoms in total. The summed E-state index contributed by atoms with van der Waals surface area (Å²) in [5, 5.41) is 0. The number of alkyl halides is 1. The van der Waals surface area contributed by atoms with Crippen molar-refractivity contribution < 1.29 is 26.7 Å². The normalized spacial score (nSPS) is 19.0. The van der Waals surface area contributed by atoms with Gasteiger partial charge in [-0.1, -0.05) is 0 Å². The Labute approximate surface area is 122 Å². The van der Waals surface area contributed by atoms with Gasteiger partial charge in [0, 0.05) is 19.0 Å². The highest BCUT2D eigenvalue weighted by molar-refractivity contribution is 6.18. The molecule has 1 atom stereocenters. The minimum absolute atomic E-state index is 0.0642. The van der Waals surface area contributed by atoms with Gasteiger partial charge in [-0.25, -0.2) is 22.0 Å². The number of carbonyl (C=O) groups is 1. The molecule has 1 aromatic carbocycles. The third-order valence-electron chi connectivity index (χ3n) is 3.45. The quantitative estimate of drug-likeness (QED) is 0.352. The number of rotatable bonds is 2. The average Bonchev–Trinajstić information content (AvgIpc) is 2.51. The van der Waals surface area contributed by atoms with Crippen LogP contribution in [0.3, 0.4) is 0 Å². The van der Waals surface area contributed by atoms with Gasteiger partial charge in [-0.15, -0.1) is 11.6 Å². The summed E-state index contributed by atoms with van der Waals surface area (Å²) in [6.45, 7) is 0.313. The molecule has 1 aromatic rings. The fourth-order valence-electron chi connectivity index (χ4n) is 2.33. The summed E-state index contributed by atoms with van der Waals surface area (Å²) in [4.78, 5) is 13.1. The van der Waals surface area contributed by atoms with E-state index in [0.717, 1.165) is 11.3 Å². The number of halogens is 6. The summed E-state index contributed by atoms with van der Waals surface area (Å²) < 4.78 is 66.4. The van der Waals surface area contributed by atoms with Gasteiger partial charge in [0.25, 0.3) is 5.91 Å². The van der Waals surface area contributed by atoms with Crippen LogP contribution in [-0.4, -0.2) is 29.8 Å². The molecule has 0 radical (unpaired) electrons. The molecule has 1 heterocycles. The predicted octanol–water partition coefficient (Wildman–Crippen LogP) is 3.47. The Hall–Kier alpha value is -1.37. The van der Waals surface area contributed by atoms with E-state index in [9.17, 15) is 26.7 Å². The molecule has 8 heteroatoms. The van der Waals surface area contributed by atoms with E-state index in [4.69, 9.17) is 11.6 Å². The topological polar surface area (TPSA) is 20.3 Å². The van der Waals surface area contributed by atoms with Crippen molar-refractivity contribution in [3.05, 3.63) is 34.6 Å². The van der Waals surface area contributed by atoms with Crippen LogP contribution in [0.1, 0.15) is 23.2 Å². The van der Waals surface area contributed by atoms with Crippen molar-refractivity contribution >= 4 is 17.5 Å². The lowest BCUT2D eigenvalue weighted by Crippen LogP contribution is -2.41. The first-order chi connectivity index (χ1) is 9.88. The van der Waals surface area contributed by atoms with E-state index >= 15 is 0 Å². The van der Waals surface area contributed by atoms with Gasteiger partial charge in [0.05, 0.1) is 0 Å². The van der Waals surface area contributed by atoms with Gasteiger partial charge in [-0.05, 0) is 18.8 Å². The van der Waals surface area contributed by atoms with E-state index in [2.05, 4.69) is 0 Å². The van der Waals surface area contributed by atoms with Crippen LogP contribution in [0.2, 0.25) is 0 Å². The van der Waals surface area contributed by atoms with Crippen molar-refractivity contribution in [1.82, 2.24) is 4.90 Å². The second-order valence-electron chi connectivity index (χ2n) is 4.86. The standard InChI is InChI=1S/C13H11ClF5NO/c14-4-6-2-1-3-20(5-6)13(21)7-8(15)10(17)12(19)11(18)9(7)16/h6H,1-5H2. The Kier molecular flexibility index (Phi) is 4.70. The summed E-state index contributed by atoms with van der Waals surface area (Å²) in [7, 11) is 0. The smallest absolute Gasteiger partial charge is 0.260 e. The van der Waals surface area contributed by atoms with Crippen LogP contribution in [0, 0.1) is 35.0 Å². The molecule has 0 bridgehead atoms. The number of hydrogen-bond donors (Lipinski definition) is 0. The van der Waals surface area contributed by atoms with Gasteiger partial charge in [-0.3, -0.25) is 4.79 Å². The van der Waals surface area contributed by atoms with E-state index < -0.39 is 40.6 Å². The SMILES string of the molecule is O=C(c1c(F)c(F)c(F)c(F)c1F)N1CCCC(CCl)C1. The lowest BCUT2D eigenvalue weighted by Gasteiger charge is -2.32. The number of hydrogen-bond acceptors (Lipinski definition) is 1. The average molecular weight is 328 g/mol. The zero-order chi connectivity index (χ0) is 15.7. The Morgan fingerprint density at radius 1 is 1.05 bits per heavy atom. The van der Waals surface area contributed by atoms with E-state index in [1.165, 1.54) is 0 Å². The molecule has 116 valence electrons. The van der Waals surface area contributed by atoms with Gasteiger partial charge >= 0.3 is 0 Å². The molecule has 1 saturated heterocycles. The fraction of sp³-hybridized carbons (Fsp3) is 0.462. The molecule has 1 fully saturated rings. The summed E-state index contributed by atoms with van der Waals surface area (Å²) in [6.07, 6.45) is 1.29. The van der Waals surface area contributed by atoms with Crippen molar-refractivity contribution in [3.8, 4) is 0 Å². The number of benzene rings is 1. The van der Waals surface area contributed by atoms with Gasteiger partial charge in [-0.2, -0.15) is 0 Å². The van der Waals surface area contributed by atoms with Crippen LogP contribution in [0.4, 0.5) is 22.0 Å². The number of likely N-dealkylation sites (tertiary alicyclic amines) is 1. The van der Waals surface area contributed by atoms with Crippen LogP contribution in [-0.2, 0) is 0 Å². The lowest BCUT2D eigenvalue weighted by molar-refractivity contribution is 0.0671. The Morgan fingerprint density at radius 3 is 2.10 bits per heavy atom. The fourth-order valence-corrected chi connectivity index (χ4v) is 2.58. The highest BCUT2D eigenvalue weighted by atomic mass is 35.5. The van der Waals surface area contributed by atoms with Crippen molar-refractivity contribution in [2.24, 2.45) is 5.92 Å². The summed E-state index contributed by atoms with van der Waals surface area (Å²) >= 11 is 5.67. The molecular formula is C13H11ClF5NO. The maximum Gasteiger partial charge on any atom is 0.260 e.